The zero-order valence-electron chi connectivity index (χ0n) is 8.50. The molecule has 2 rings (SSSR count). The van der Waals surface area contributed by atoms with Gasteiger partial charge >= 0.3 is 0 Å². The van der Waals surface area contributed by atoms with Crippen LogP contribution in [-0.2, 0) is 6.54 Å². The molecule has 4 heteroatoms. The first-order chi connectivity index (χ1) is 7.81. The van der Waals surface area contributed by atoms with E-state index >= 15 is 0 Å². The van der Waals surface area contributed by atoms with E-state index in [-0.39, 0.29) is 0 Å². The Bertz CT molecular complexity index is 551. The minimum absolute atomic E-state index is 0.403. The third-order valence-electron chi connectivity index (χ3n) is 2.21. The molecule has 0 bridgehead atoms. The normalized spacial score (nSPS) is 9.69. The first kappa shape index (κ1) is 10.1. The predicted molar refractivity (Wildman–Crippen MR) is 57.9 cm³/mol. The van der Waals surface area contributed by atoms with E-state index in [1.54, 1.807) is 24.5 Å². The maximum absolute atomic E-state index is 10.5. The number of rotatable bonds is 3. The summed E-state index contributed by atoms with van der Waals surface area (Å²) in [4.78, 5) is 14.4. The van der Waals surface area contributed by atoms with E-state index in [0.29, 0.717) is 17.8 Å². The van der Waals surface area contributed by atoms with Crippen molar-refractivity contribution in [2.45, 2.75) is 6.54 Å². The summed E-state index contributed by atoms with van der Waals surface area (Å²) in [6.07, 6.45) is 6.01. The lowest BCUT2D eigenvalue weighted by atomic mass is 10.2. The highest BCUT2D eigenvalue weighted by Crippen LogP contribution is 2.06. The summed E-state index contributed by atoms with van der Waals surface area (Å²) < 4.78 is 1.89. The molecule has 0 saturated heterocycles. The highest BCUT2D eigenvalue weighted by Gasteiger charge is 1.99. The van der Waals surface area contributed by atoms with Crippen LogP contribution >= 0.6 is 0 Å². The SMILES string of the molecule is N#Cc1cc(Cn2ccc(C=O)c2)ccn1. The number of aromatic nitrogens is 2. The fourth-order valence-electron chi connectivity index (χ4n) is 1.47. The van der Waals surface area contributed by atoms with Gasteiger partial charge in [-0.15, -0.1) is 0 Å². The molecule has 0 aliphatic carbocycles. The van der Waals surface area contributed by atoms with Gasteiger partial charge in [-0.1, -0.05) is 0 Å². The molecule has 0 aliphatic heterocycles. The van der Waals surface area contributed by atoms with Crippen molar-refractivity contribution in [2.75, 3.05) is 0 Å². The van der Waals surface area contributed by atoms with Crippen molar-refractivity contribution in [2.24, 2.45) is 0 Å². The number of nitrogens with zero attached hydrogens (tertiary/aromatic N) is 3. The van der Waals surface area contributed by atoms with Gasteiger partial charge < -0.3 is 4.57 Å². The Labute approximate surface area is 92.8 Å². The Morgan fingerprint density at radius 2 is 2.38 bits per heavy atom. The van der Waals surface area contributed by atoms with E-state index in [1.807, 2.05) is 22.9 Å². The second kappa shape index (κ2) is 4.41. The molecule has 0 atom stereocenters. The molecular formula is C12H9N3O. The molecule has 0 aromatic carbocycles. The first-order valence-corrected chi connectivity index (χ1v) is 4.78. The van der Waals surface area contributed by atoms with Crippen molar-refractivity contribution in [3.63, 3.8) is 0 Å². The molecule has 4 nitrogen and oxygen atoms in total. The lowest BCUT2D eigenvalue weighted by molar-refractivity contribution is 0.112. The standard InChI is InChI=1S/C12H9N3O/c13-6-12-5-10(1-3-14-12)7-15-4-2-11(8-15)9-16/h1-5,8-9H,7H2. The third-order valence-corrected chi connectivity index (χ3v) is 2.21. The molecule has 0 fully saturated rings. The number of carbonyl (C=O) groups excluding carboxylic acids is 1. The predicted octanol–water partition coefficient (Wildman–Crippen LogP) is 1.62. The summed E-state index contributed by atoms with van der Waals surface area (Å²) >= 11 is 0. The first-order valence-electron chi connectivity index (χ1n) is 4.78. The van der Waals surface area contributed by atoms with E-state index < -0.39 is 0 Å². The monoisotopic (exact) mass is 211 g/mol. The fourth-order valence-corrected chi connectivity index (χ4v) is 1.47. The molecule has 0 aliphatic rings. The average molecular weight is 211 g/mol. The van der Waals surface area contributed by atoms with Crippen molar-refractivity contribution in [3.8, 4) is 6.07 Å². The summed E-state index contributed by atoms with van der Waals surface area (Å²) in [5.74, 6) is 0. The Morgan fingerprint density at radius 1 is 1.50 bits per heavy atom. The van der Waals surface area contributed by atoms with E-state index in [2.05, 4.69) is 4.98 Å². The van der Waals surface area contributed by atoms with Crippen LogP contribution in [0.3, 0.4) is 0 Å². The lowest BCUT2D eigenvalue weighted by Gasteiger charge is -2.02. The van der Waals surface area contributed by atoms with Crippen molar-refractivity contribution >= 4 is 6.29 Å². The van der Waals surface area contributed by atoms with Crippen LogP contribution in [0, 0.1) is 11.3 Å². The Morgan fingerprint density at radius 3 is 3.06 bits per heavy atom. The maximum atomic E-state index is 10.5. The molecule has 0 spiro atoms. The van der Waals surface area contributed by atoms with E-state index in [0.717, 1.165) is 11.8 Å². The number of hydrogen-bond donors (Lipinski definition) is 0. The number of pyridine rings is 1. The van der Waals surface area contributed by atoms with Gasteiger partial charge in [0.05, 0.1) is 0 Å². The van der Waals surface area contributed by atoms with Crippen LogP contribution in [-0.4, -0.2) is 15.8 Å². The van der Waals surface area contributed by atoms with Crippen LogP contribution in [0.5, 0.6) is 0 Å². The van der Waals surface area contributed by atoms with Gasteiger partial charge in [-0.05, 0) is 23.8 Å². The fraction of sp³-hybridized carbons (Fsp3) is 0.0833. The van der Waals surface area contributed by atoms with Crippen LogP contribution in [0.2, 0.25) is 0 Å². The maximum Gasteiger partial charge on any atom is 0.151 e. The topological polar surface area (TPSA) is 58.7 Å². The van der Waals surface area contributed by atoms with Gasteiger partial charge in [0.25, 0.3) is 0 Å². The minimum atomic E-state index is 0.403. The van der Waals surface area contributed by atoms with Crippen LogP contribution in [0.15, 0.2) is 36.8 Å². The third kappa shape index (κ3) is 2.15. The van der Waals surface area contributed by atoms with Gasteiger partial charge in [0, 0.05) is 30.7 Å². The highest BCUT2D eigenvalue weighted by atomic mass is 16.1. The van der Waals surface area contributed by atoms with Gasteiger partial charge in [-0.3, -0.25) is 4.79 Å². The number of carbonyl (C=O) groups is 1. The molecule has 2 heterocycles. The molecule has 78 valence electrons. The molecule has 2 aromatic heterocycles. The highest BCUT2D eigenvalue weighted by molar-refractivity contribution is 5.74. The second-order valence-corrected chi connectivity index (χ2v) is 3.40. The molecule has 0 radical (unpaired) electrons. The zero-order valence-corrected chi connectivity index (χ0v) is 8.50. The van der Waals surface area contributed by atoms with Gasteiger partial charge in [0.1, 0.15) is 11.8 Å². The van der Waals surface area contributed by atoms with Crippen LogP contribution in [0.25, 0.3) is 0 Å². The molecule has 0 saturated carbocycles. The summed E-state index contributed by atoms with van der Waals surface area (Å²) in [7, 11) is 0. The molecule has 16 heavy (non-hydrogen) atoms. The summed E-state index contributed by atoms with van der Waals surface area (Å²) in [5, 5.41) is 8.70. The number of aldehydes is 1. The zero-order chi connectivity index (χ0) is 11.4. The van der Waals surface area contributed by atoms with Crippen molar-refractivity contribution in [3.05, 3.63) is 53.6 Å². The smallest absolute Gasteiger partial charge is 0.151 e. The van der Waals surface area contributed by atoms with Crippen LogP contribution < -0.4 is 0 Å². The van der Waals surface area contributed by atoms with Gasteiger partial charge in [-0.2, -0.15) is 5.26 Å². The average Bonchev–Trinajstić information content (AvgIpc) is 2.77. The van der Waals surface area contributed by atoms with Gasteiger partial charge in [0.2, 0.25) is 0 Å². The molecular weight excluding hydrogens is 202 g/mol. The van der Waals surface area contributed by atoms with Crippen LogP contribution in [0.4, 0.5) is 0 Å². The number of nitriles is 1. The Kier molecular flexibility index (Phi) is 2.79. The minimum Gasteiger partial charge on any atom is -0.349 e. The van der Waals surface area contributed by atoms with Crippen molar-refractivity contribution < 1.29 is 4.79 Å². The molecule has 0 unspecified atom stereocenters. The molecule has 0 N–H and O–H groups in total. The van der Waals surface area contributed by atoms with Gasteiger partial charge in [-0.25, -0.2) is 4.98 Å². The van der Waals surface area contributed by atoms with E-state index in [9.17, 15) is 4.79 Å². The van der Waals surface area contributed by atoms with Crippen molar-refractivity contribution in [1.29, 1.82) is 5.26 Å². The Hall–Kier alpha value is -2.41. The summed E-state index contributed by atoms with van der Waals surface area (Å²) in [6.45, 7) is 0.630. The summed E-state index contributed by atoms with van der Waals surface area (Å²) in [5.41, 5.74) is 2.04. The van der Waals surface area contributed by atoms with Gasteiger partial charge in [0.15, 0.2) is 6.29 Å². The Balaban J connectivity index is 2.20. The lowest BCUT2D eigenvalue weighted by Crippen LogP contribution is -1.97. The molecule has 0 amide bonds. The van der Waals surface area contributed by atoms with E-state index in [4.69, 9.17) is 5.26 Å². The largest absolute Gasteiger partial charge is 0.349 e. The van der Waals surface area contributed by atoms with Crippen LogP contribution in [0.1, 0.15) is 21.6 Å². The number of hydrogen-bond acceptors (Lipinski definition) is 3. The van der Waals surface area contributed by atoms with Crippen molar-refractivity contribution in [1.82, 2.24) is 9.55 Å². The second-order valence-electron chi connectivity index (χ2n) is 3.40. The molecule has 2 aromatic rings. The summed E-state index contributed by atoms with van der Waals surface area (Å²) in [6, 6.07) is 7.33. The van der Waals surface area contributed by atoms with E-state index in [1.165, 1.54) is 0 Å². The quantitative estimate of drug-likeness (QED) is 0.725.